The zero-order valence-electron chi connectivity index (χ0n) is 57.7. The van der Waals surface area contributed by atoms with Gasteiger partial charge in [-0.3, -0.25) is 0 Å². The van der Waals surface area contributed by atoms with E-state index in [1.54, 1.807) is 13.8 Å². The van der Waals surface area contributed by atoms with Crippen molar-refractivity contribution in [1.29, 1.82) is 0 Å². The molecule has 1 rings (SSSR count). The summed E-state index contributed by atoms with van der Waals surface area (Å²) in [4.78, 5) is 80.0. The van der Waals surface area contributed by atoms with Crippen molar-refractivity contribution in [3.05, 3.63) is 35.9 Å². The molecule has 26 N–H and O–H groups in total. The maximum absolute atomic E-state index is 8.06. The van der Waals surface area contributed by atoms with Gasteiger partial charge in [-0.05, 0) is 101 Å². The van der Waals surface area contributed by atoms with Gasteiger partial charge >= 0.3 is 0 Å². The summed E-state index contributed by atoms with van der Waals surface area (Å²) in [5, 5.41) is 8.06. The highest BCUT2D eigenvalue weighted by molar-refractivity contribution is 5.14. The highest BCUT2D eigenvalue weighted by atomic mass is 16.5. The van der Waals surface area contributed by atoms with E-state index in [0.29, 0.717) is 0 Å². The smallest absolute Gasteiger partial charge is 0.106 e. The maximum Gasteiger partial charge on any atom is 0.106 e. The summed E-state index contributed by atoms with van der Waals surface area (Å²) in [6.45, 7) is 68.2. The van der Waals surface area contributed by atoms with Crippen LogP contribution in [0.15, 0.2) is 30.3 Å². The Morgan fingerprint density at radius 1 is 0.410 bits per heavy atom. The van der Waals surface area contributed by atoms with E-state index in [9.17, 15) is 0 Å². The van der Waals surface area contributed by atoms with Gasteiger partial charge in [0.15, 0.2) is 0 Å². The largest absolute Gasteiger partial charge is 0.394 e. The van der Waals surface area contributed by atoms with Crippen molar-refractivity contribution >= 4 is 67.9 Å². The fourth-order valence-corrected chi connectivity index (χ4v) is 1.82. The summed E-state index contributed by atoms with van der Waals surface area (Å²) in [5.41, 5.74) is 24.0. The third-order valence-corrected chi connectivity index (χ3v) is 3.85. The topological polar surface area (TPSA) is 505 Å². The number of unbranched alkanes of at least 4 members (excludes halogenated alkanes) is 4. The lowest BCUT2D eigenvalue weighted by Gasteiger charge is -2.17. The molecule has 0 saturated heterocycles. The molecule has 1 aromatic rings. The van der Waals surface area contributed by atoms with Crippen LogP contribution in [0.3, 0.4) is 0 Å². The minimum Gasteiger partial charge on any atom is -0.394 e. The minimum absolute atomic E-state index is 0. The van der Waals surface area contributed by atoms with Gasteiger partial charge in [0, 0.05) is 12.7 Å². The van der Waals surface area contributed by atoms with Crippen molar-refractivity contribution in [2.45, 2.75) is 216 Å². The molecular formula is C56H154N10O12. The zero-order valence-corrected chi connectivity index (χ0v) is 57.7. The summed E-state index contributed by atoms with van der Waals surface area (Å²) in [7, 11) is 7.50. The summed E-state index contributed by atoms with van der Waals surface area (Å²) >= 11 is 0. The average molecular weight is 1160 g/mol. The molecule has 0 aliphatic carbocycles. The highest BCUT2D eigenvalue weighted by Crippen LogP contribution is 2.04. The number of hydrogen-bond donors (Lipinski definition) is 11. The van der Waals surface area contributed by atoms with E-state index in [4.69, 9.17) is 57.8 Å². The van der Waals surface area contributed by atoms with Crippen LogP contribution in [0, 0.1) is 11.8 Å². The number of aliphatic hydroxyl groups is 1. The number of rotatable bonds is 7. The summed E-state index contributed by atoms with van der Waals surface area (Å²) in [5.74, 6) is 1.72. The van der Waals surface area contributed by atoms with E-state index >= 15 is 0 Å². The third-order valence-electron chi connectivity index (χ3n) is 3.85. The molecule has 0 aromatic heterocycles. The molecule has 0 radical (unpaired) electrons. The van der Waals surface area contributed by atoms with Crippen LogP contribution in [0.4, 0.5) is 0 Å². The number of carbonyl (C=O) groups excluding carboxylic acids is 10. The standard InChI is InChI=1S/C8H10.C7H16.C6H14O.C5H12.C4H10.C3H8O.4C2H6.5CH5N.10CH2O.5H3N/c1-2-8-6-4-3-5-7-8;1-3-5-7-6-4-2;1-5-7-6(2,3)4;1-4-5(2)3;1-4(2)3;1-3(2)4;19*1-2;;;;;/h3-7H,2H2,1H3;3-7H2,1-2H3;5H2,1-4H3;5H,4H2,1-3H3;4H,1-3H3;3-4H,1-2H3;4*1-2H3;5*2H2,1H3;10*1H2;5*1H3. The molecule has 0 spiro atoms. The molecule has 22 heteroatoms. The molecule has 78 heavy (non-hydrogen) atoms. The van der Waals surface area contributed by atoms with Gasteiger partial charge in [-0.2, -0.15) is 0 Å². The fourth-order valence-electron chi connectivity index (χ4n) is 1.82. The van der Waals surface area contributed by atoms with Crippen molar-refractivity contribution in [2.24, 2.45) is 40.5 Å². The summed E-state index contributed by atoms with van der Waals surface area (Å²) in [6.07, 6.45) is 9.29. The number of ether oxygens (including phenoxy) is 1. The second-order valence-electron chi connectivity index (χ2n) is 11.1. The second kappa shape index (κ2) is 491. The summed E-state index contributed by atoms with van der Waals surface area (Å²) < 4.78 is 5.23. The van der Waals surface area contributed by atoms with E-state index < -0.39 is 0 Å². The van der Waals surface area contributed by atoms with Gasteiger partial charge in [0.05, 0.1) is 5.60 Å². The maximum atomic E-state index is 8.06. The molecule has 0 aliphatic heterocycles. The number of aliphatic hydroxyl groups excluding tert-OH is 1. The predicted octanol–water partition coefficient (Wildman–Crippen LogP) is 12.1. The van der Waals surface area contributed by atoms with Crippen LogP contribution in [-0.2, 0) is 59.1 Å². The monoisotopic (exact) mass is 1160 g/mol. The van der Waals surface area contributed by atoms with Crippen molar-refractivity contribution < 1.29 is 57.8 Å². The van der Waals surface area contributed by atoms with Gasteiger partial charge in [0.2, 0.25) is 0 Å². The van der Waals surface area contributed by atoms with Crippen molar-refractivity contribution in [2.75, 3.05) is 41.8 Å². The van der Waals surface area contributed by atoms with Crippen LogP contribution in [0.2, 0.25) is 0 Å². The zero-order chi connectivity index (χ0) is 66.7. The molecule has 0 fully saturated rings. The molecule has 0 amide bonds. The Bertz CT molecular complexity index is 600. The van der Waals surface area contributed by atoms with Crippen LogP contribution in [0.1, 0.15) is 203 Å². The Balaban J connectivity index is -0.0000000121. The molecule has 500 valence electrons. The molecule has 0 saturated carbocycles. The lowest BCUT2D eigenvalue weighted by atomic mass is 10.2. The molecule has 1 aromatic carbocycles. The Hall–Kier alpha value is -4.56. The Kier molecular flexibility index (Phi) is 1230. The second-order valence-corrected chi connectivity index (χ2v) is 11.1. The van der Waals surface area contributed by atoms with Crippen molar-refractivity contribution in [1.82, 2.24) is 30.8 Å². The first kappa shape index (κ1) is 195. The van der Waals surface area contributed by atoms with Gasteiger partial charge in [0.1, 0.15) is 67.9 Å². The van der Waals surface area contributed by atoms with Crippen LogP contribution < -0.4 is 59.4 Å². The van der Waals surface area contributed by atoms with Crippen molar-refractivity contribution in [3.63, 3.8) is 0 Å². The quantitative estimate of drug-likeness (QED) is 0.113. The van der Waals surface area contributed by atoms with Gasteiger partial charge in [-0.15, -0.1) is 0 Å². The van der Waals surface area contributed by atoms with Gasteiger partial charge in [-0.25, -0.2) is 0 Å². The van der Waals surface area contributed by atoms with E-state index in [0.717, 1.165) is 24.9 Å². The Morgan fingerprint density at radius 2 is 0.564 bits per heavy atom. The van der Waals surface area contributed by atoms with Gasteiger partial charge in [0.25, 0.3) is 0 Å². The fraction of sp³-hybridized carbons (Fsp3) is 0.714. The number of nitrogens with two attached hydrogens (primary N) is 5. The molecular weight excluding hydrogens is 1000 g/mol. The predicted molar refractivity (Wildman–Crippen MR) is 357 cm³/mol. The van der Waals surface area contributed by atoms with Gasteiger partial charge in [-0.1, -0.05) is 187 Å². The summed E-state index contributed by atoms with van der Waals surface area (Å²) in [6, 6.07) is 10.5. The third kappa shape index (κ3) is 1490. The minimum atomic E-state index is -0.167. The van der Waals surface area contributed by atoms with Crippen LogP contribution in [0.25, 0.3) is 0 Å². The first-order valence-corrected chi connectivity index (χ1v) is 24.3. The molecule has 0 atom stereocenters. The van der Waals surface area contributed by atoms with Crippen LogP contribution >= 0.6 is 0 Å². The van der Waals surface area contributed by atoms with E-state index in [1.807, 2.05) is 136 Å². The lowest BCUT2D eigenvalue weighted by Crippen LogP contribution is -2.18. The molecule has 0 aliphatic rings. The SMILES string of the molecule is C=O.C=O.C=O.C=O.C=O.C=O.C=O.C=O.C=O.C=O.CC.CC.CC.CC.CC(C)C.CC(C)O.CCC(C)C.CCCCCCC.CCOC(C)(C)C.CCc1ccccc1.CN.CN.CN.CN.CN.N.N.N.N.N. The van der Waals surface area contributed by atoms with E-state index in [1.165, 1.54) is 79.3 Å². The van der Waals surface area contributed by atoms with E-state index in [2.05, 4.69) is 136 Å². The average Bonchev–Trinajstić information content (AvgIpc) is 3.49. The Morgan fingerprint density at radius 3 is 0.628 bits per heavy atom. The van der Waals surface area contributed by atoms with E-state index in [-0.39, 0.29) is 42.5 Å². The molecule has 0 heterocycles. The molecule has 0 unspecified atom stereocenters. The number of aryl methyl sites for hydroxylation is 1. The number of hydrogen-bond acceptors (Lipinski definition) is 22. The normalized spacial score (nSPS) is 5.60. The first-order valence-electron chi connectivity index (χ1n) is 24.3. The van der Waals surface area contributed by atoms with Crippen LogP contribution in [-0.4, -0.2) is 127 Å². The van der Waals surface area contributed by atoms with Crippen LogP contribution in [0.5, 0.6) is 0 Å². The Labute approximate surface area is 489 Å². The first-order chi connectivity index (χ1) is 35.1. The lowest BCUT2D eigenvalue weighted by molar-refractivity contribution is -0.0987. The van der Waals surface area contributed by atoms with Gasteiger partial charge < -0.3 is 117 Å². The highest BCUT2D eigenvalue weighted by Gasteiger charge is 2.06. The number of carbonyl (C=O) groups is 10. The molecule has 0 bridgehead atoms. The molecule has 22 nitrogen and oxygen atoms in total. The van der Waals surface area contributed by atoms with Crippen molar-refractivity contribution in [3.8, 4) is 0 Å². The number of benzene rings is 1.